The maximum atomic E-state index is 13.4. The smallest absolute Gasteiger partial charge is 0.124 e. The zero-order valence-corrected chi connectivity index (χ0v) is 11.5. The first-order chi connectivity index (χ1) is 9.44. The van der Waals surface area contributed by atoms with Gasteiger partial charge in [-0.1, -0.05) is 6.07 Å². The van der Waals surface area contributed by atoms with Crippen LogP contribution in [0.4, 0.5) is 4.39 Å². The Morgan fingerprint density at radius 2 is 1.75 bits per heavy atom. The average molecular weight is 272 g/mol. The Bertz CT molecular complexity index is 633. The van der Waals surface area contributed by atoms with Crippen molar-refractivity contribution in [3.8, 4) is 5.75 Å². The summed E-state index contributed by atoms with van der Waals surface area (Å²) in [6.45, 7) is 4.23. The van der Waals surface area contributed by atoms with Crippen molar-refractivity contribution in [1.29, 1.82) is 5.41 Å². The quantitative estimate of drug-likeness (QED) is 0.662. The predicted molar refractivity (Wildman–Crippen MR) is 77.7 cm³/mol. The molecule has 0 radical (unpaired) electrons. The molecule has 4 heteroatoms. The van der Waals surface area contributed by atoms with Crippen molar-refractivity contribution in [2.75, 3.05) is 0 Å². The molecule has 0 unspecified atom stereocenters. The van der Waals surface area contributed by atoms with E-state index in [1.54, 1.807) is 6.07 Å². The van der Waals surface area contributed by atoms with Gasteiger partial charge in [0.05, 0.1) is 0 Å². The highest BCUT2D eigenvalue weighted by Gasteiger charge is 2.05. The number of amidine groups is 1. The van der Waals surface area contributed by atoms with Crippen LogP contribution >= 0.6 is 0 Å². The van der Waals surface area contributed by atoms with Gasteiger partial charge in [-0.15, -0.1) is 0 Å². The Morgan fingerprint density at radius 1 is 1.10 bits per heavy atom. The van der Waals surface area contributed by atoms with Crippen molar-refractivity contribution < 1.29 is 9.13 Å². The monoisotopic (exact) mass is 272 g/mol. The van der Waals surface area contributed by atoms with Crippen LogP contribution in [0.5, 0.6) is 5.75 Å². The highest BCUT2D eigenvalue weighted by Crippen LogP contribution is 2.18. The largest absolute Gasteiger partial charge is 0.489 e. The van der Waals surface area contributed by atoms with Gasteiger partial charge in [0.2, 0.25) is 0 Å². The fourth-order valence-corrected chi connectivity index (χ4v) is 2.07. The molecule has 0 fully saturated rings. The summed E-state index contributed by atoms with van der Waals surface area (Å²) in [5.41, 5.74) is 8.62. The Hall–Kier alpha value is -2.36. The molecule has 0 saturated carbocycles. The lowest BCUT2D eigenvalue weighted by Gasteiger charge is -2.09. The van der Waals surface area contributed by atoms with E-state index in [0.29, 0.717) is 11.1 Å². The van der Waals surface area contributed by atoms with Gasteiger partial charge in [0.15, 0.2) is 0 Å². The standard InChI is InChI=1S/C16H17FN2O/c1-10-3-11(2)5-15(4-10)20-9-12-6-13(16(18)19)8-14(17)7-12/h3-8H,9H2,1-2H3,(H3,18,19). The topological polar surface area (TPSA) is 59.1 Å². The number of nitrogen functional groups attached to an aromatic ring is 1. The number of hydrogen-bond donors (Lipinski definition) is 2. The number of nitrogens with one attached hydrogen (secondary N) is 1. The summed E-state index contributed by atoms with van der Waals surface area (Å²) in [4.78, 5) is 0. The van der Waals surface area contributed by atoms with Crippen LogP contribution in [0.25, 0.3) is 0 Å². The Labute approximate surface area is 117 Å². The number of aryl methyl sites for hydroxylation is 2. The lowest BCUT2D eigenvalue weighted by Crippen LogP contribution is -2.12. The molecule has 0 bridgehead atoms. The number of rotatable bonds is 4. The molecule has 3 N–H and O–H groups in total. The third kappa shape index (κ3) is 3.57. The molecule has 104 valence electrons. The van der Waals surface area contributed by atoms with E-state index in [9.17, 15) is 4.39 Å². The summed E-state index contributed by atoms with van der Waals surface area (Å²) >= 11 is 0. The minimum atomic E-state index is -0.420. The van der Waals surface area contributed by atoms with Gasteiger partial charge in [-0.25, -0.2) is 4.39 Å². The molecule has 2 aromatic rings. The van der Waals surface area contributed by atoms with Crippen LogP contribution in [0.3, 0.4) is 0 Å². The normalized spacial score (nSPS) is 10.3. The van der Waals surface area contributed by atoms with Crippen molar-refractivity contribution >= 4 is 5.84 Å². The minimum absolute atomic E-state index is 0.155. The first-order valence-corrected chi connectivity index (χ1v) is 6.29. The molecule has 0 aromatic heterocycles. The molecular weight excluding hydrogens is 255 g/mol. The second kappa shape index (κ2) is 5.74. The zero-order valence-electron chi connectivity index (χ0n) is 11.5. The second-order valence-electron chi connectivity index (χ2n) is 4.87. The van der Waals surface area contributed by atoms with E-state index < -0.39 is 5.82 Å². The molecule has 3 nitrogen and oxygen atoms in total. The van der Waals surface area contributed by atoms with E-state index in [-0.39, 0.29) is 12.4 Å². The average Bonchev–Trinajstić information content (AvgIpc) is 2.34. The minimum Gasteiger partial charge on any atom is -0.489 e. The summed E-state index contributed by atoms with van der Waals surface area (Å²) in [6.07, 6.45) is 0. The van der Waals surface area contributed by atoms with Crippen LogP contribution in [0.2, 0.25) is 0 Å². The molecule has 2 rings (SSSR count). The Morgan fingerprint density at radius 3 is 2.35 bits per heavy atom. The lowest BCUT2D eigenvalue weighted by atomic mass is 10.1. The third-order valence-electron chi connectivity index (χ3n) is 2.87. The summed E-state index contributed by atoms with van der Waals surface area (Å²) < 4.78 is 19.1. The molecule has 0 aliphatic carbocycles. The van der Waals surface area contributed by atoms with Crippen molar-refractivity contribution in [3.05, 3.63) is 64.5 Å². The van der Waals surface area contributed by atoms with Crippen LogP contribution in [0, 0.1) is 25.1 Å². The highest BCUT2D eigenvalue weighted by molar-refractivity contribution is 5.95. The van der Waals surface area contributed by atoms with E-state index in [0.717, 1.165) is 16.9 Å². The number of nitrogens with two attached hydrogens (primary N) is 1. The van der Waals surface area contributed by atoms with E-state index >= 15 is 0 Å². The van der Waals surface area contributed by atoms with Gasteiger partial charge < -0.3 is 10.5 Å². The lowest BCUT2D eigenvalue weighted by molar-refractivity contribution is 0.305. The predicted octanol–water partition coefficient (Wildman–Crippen LogP) is 3.31. The van der Waals surface area contributed by atoms with Gasteiger partial charge >= 0.3 is 0 Å². The summed E-state index contributed by atoms with van der Waals surface area (Å²) in [7, 11) is 0. The fourth-order valence-electron chi connectivity index (χ4n) is 2.07. The van der Waals surface area contributed by atoms with Gasteiger partial charge in [0.1, 0.15) is 24.0 Å². The van der Waals surface area contributed by atoms with Crippen LogP contribution in [0.15, 0.2) is 36.4 Å². The van der Waals surface area contributed by atoms with Crippen molar-refractivity contribution in [1.82, 2.24) is 0 Å². The Balaban J connectivity index is 2.16. The molecule has 0 heterocycles. The second-order valence-corrected chi connectivity index (χ2v) is 4.87. The molecule has 2 aromatic carbocycles. The number of hydrogen-bond acceptors (Lipinski definition) is 2. The molecule has 0 aliphatic rings. The van der Waals surface area contributed by atoms with E-state index in [1.165, 1.54) is 12.1 Å². The first-order valence-electron chi connectivity index (χ1n) is 6.29. The molecule has 0 saturated heterocycles. The van der Waals surface area contributed by atoms with Crippen molar-refractivity contribution in [2.45, 2.75) is 20.5 Å². The molecule has 0 spiro atoms. The van der Waals surface area contributed by atoms with Crippen LogP contribution in [-0.2, 0) is 6.61 Å². The SMILES string of the molecule is Cc1cc(C)cc(OCc2cc(F)cc(C(=N)N)c2)c1. The van der Waals surface area contributed by atoms with Gasteiger partial charge in [-0.3, -0.25) is 5.41 Å². The number of benzene rings is 2. The van der Waals surface area contributed by atoms with Gasteiger partial charge in [0, 0.05) is 5.56 Å². The van der Waals surface area contributed by atoms with E-state index in [1.807, 2.05) is 26.0 Å². The fraction of sp³-hybridized carbons (Fsp3) is 0.188. The summed E-state index contributed by atoms with van der Waals surface area (Å²) in [5, 5.41) is 7.35. The highest BCUT2D eigenvalue weighted by atomic mass is 19.1. The number of halogens is 1. The molecule has 20 heavy (non-hydrogen) atoms. The maximum absolute atomic E-state index is 13.4. The number of ether oxygens (including phenoxy) is 1. The van der Waals surface area contributed by atoms with E-state index in [2.05, 4.69) is 6.07 Å². The van der Waals surface area contributed by atoms with E-state index in [4.69, 9.17) is 15.9 Å². The molecule has 0 atom stereocenters. The molecular formula is C16H17FN2O. The van der Waals surface area contributed by atoms with Crippen LogP contribution in [-0.4, -0.2) is 5.84 Å². The third-order valence-corrected chi connectivity index (χ3v) is 2.87. The summed E-state index contributed by atoms with van der Waals surface area (Å²) in [5.74, 6) is 0.171. The van der Waals surface area contributed by atoms with Crippen molar-refractivity contribution in [2.24, 2.45) is 5.73 Å². The van der Waals surface area contributed by atoms with Crippen LogP contribution in [0.1, 0.15) is 22.3 Å². The zero-order chi connectivity index (χ0) is 14.7. The molecule has 0 amide bonds. The van der Waals surface area contributed by atoms with Crippen molar-refractivity contribution in [3.63, 3.8) is 0 Å². The molecule has 0 aliphatic heterocycles. The van der Waals surface area contributed by atoms with Gasteiger partial charge in [0.25, 0.3) is 0 Å². The van der Waals surface area contributed by atoms with Gasteiger partial charge in [-0.05, 0) is 60.9 Å². The Kier molecular flexibility index (Phi) is 4.03. The summed E-state index contributed by atoms with van der Waals surface area (Å²) in [6, 6.07) is 10.2. The van der Waals surface area contributed by atoms with Crippen LogP contribution < -0.4 is 10.5 Å². The maximum Gasteiger partial charge on any atom is 0.124 e. The van der Waals surface area contributed by atoms with Gasteiger partial charge in [-0.2, -0.15) is 0 Å². The first kappa shape index (κ1) is 14.1.